The molecule has 0 amide bonds. The maximum atomic E-state index is 6.93. The van der Waals surface area contributed by atoms with E-state index in [0.29, 0.717) is 6.90 Å². The average molecular weight is 123 g/mol. The van der Waals surface area contributed by atoms with Gasteiger partial charge in [0.15, 0.2) is 0 Å². The second-order valence-electron chi connectivity index (χ2n) is 1.96. The molecule has 1 nitrogen and oxygen atoms in total. The van der Waals surface area contributed by atoms with Gasteiger partial charge in [0.05, 0.1) is 0 Å². The summed E-state index contributed by atoms with van der Waals surface area (Å²) in [7, 11) is 0. The number of aryl methyl sites for hydroxylation is 1. The van der Waals surface area contributed by atoms with E-state index in [1.54, 1.807) is 6.20 Å². The third-order valence-electron chi connectivity index (χ3n) is 1.19. The first-order valence-electron chi connectivity index (χ1n) is 3.82. The van der Waals surface area contributed by atoms with Crippen LogP contribution in [0, 0.1) is 0 Å². The van der Waals surface area contributed by atoms with Gasteiger partial charge >= 0.3 is 0 Å². The fraction of sp³-hybridized carbons (Fsp3) is 0.375. The smallest absolute Gasteiger partial charge is 0.0299 e. The summed E-state index contributed by atoms with van der Waals surface area (Å²) in [6.45, 7) is 0.509. The second kappa shape index (κ2) is 3.23. The Bertz CT molecular complexity index is 174. The molecule has 1 heterocycles. The minimum Gasteiger partial charge on any atom is -0.264 e. The van der Waals surface area contributed by atoms with Crippen LogP contribution in [0.5, 0.6) is 0 Å². The monoisotopic (exact) mass is 123 g/mol. The van der Waals surface area contributed by atoms with Crippen LogP contribution in [0.2, 0.25) is 0 Å². The van der Waals surface area contributed by atoms with Gasteiger partial charge in [0.25, 0.3) is 0 Å². The van der Waals surface area contributed by atoms with E-state index < -0.39 is 0 Å². The topological polar surface area (TPSA) is 12.9 Å². The summed E-state index contributed by atoms with van der Waals surface area (Å²) >= 11 is 0. The molecule has 0 aromatic carbocycles. The van der Waals surface area contributed by atoms with Crippen LogP contribution in [0.1, 0.15) is 20.3 Å². The molecular formula is C8H11N. The molecule has 0 atom stereocenters. The van der Waals surface area contributed by atoms with Crippen molar-refractivity contribution in [2.75, 3.05) is 0 Å². The van der Waals surface area contributed by atoms with Crippen molar-refractivity contribution in [3.8, 4) is 0 Å². The third kappa shape index (κ3) is 1.84. The number of hydrogen-bond donors (Lipinski definition) is 0. The van der Waals surface area contributed by atoms with Crippen molar-refractivity contribution in [3.63, 3.8) is 0 Å². The van der Waals surface area contributed by atoms with Crippen molar-refractivity contribution >= 4 is 0 Å². The van der Waals surface area contributed by atoms with E-state index >= 15 is 0 Å². The Morgan fingerprint density at radius 3 is 3.44 bits per heavy atom. The Morgan fingerprint density at radius 1 is 1.78 bits per heavy atom. The zero-order chi connectivity index (χ0) is 7.23. The molecule has 0 saturated carbocycles. The Morgan fingerprint density at radius 2 is 2.78 bits per heavy atom. The molecule has 0 aliphatic carbocycles. The Labute approximate surface area is 57.2 Å². The fourth-order valence-corrected chi connectivity index (χ4v) is 0.750. The lowest BCUT2D eigenvalue weighted by Crippen LogP contribution is -1.81. The third-order valence-corrected chi connectivity index (χ3v) is 1.19. The minimum atomic E-state index is 0.509. The average Bonchev–Trinajstić information content (AvgIpc) is 2.03. The number of aromatic nitrogens is 1. The van der Waals surface area contributed by atoms with Gasteiger partial charge in [-0.15, -0.1) is 0 Å². The number of rotatable bonds is 2. The van der Waals surface area contributed by atoms with E-state index in [2.05, 4.69) is 4.98 Å². The molecule has 9 heavy (non-hydrogen) atoms. The fourth-order valence-electron chi connectivity index (χ4n) is 0.750. The highest BCUT2D eigenvalue weighted by Crippen LogP contribution is 1.98. The highest BCUT2D eigenvalue weighted by Gasteiger charge is 1.85. The molecule has 0 radical (unpaired) electrons. The zero-order valence-electron chi connectivity index (χ0n) is 6.38. The van der Waals surface area contributed by atoms with Gasteiger partial charge in [-0.1, -0.05) is 19.4 Å². The molecule has 1 aromatic heterocycles. The minimum absolute atomic E-state index is 0.509. The summed E-state index contributed by atoms with van der Waals surface area (Å²) < 4.78 is 6.93. The lowest BCUT2D eigenvalue weighted by molar-refractivity contribution is 0.914. The molecule has 1 heteroatoms. The van der Waals surface area contributed by atoms with E-state index in [1.165, 1.54) is 5.56 Å². The van der Waals surface area contributed by atoms with Crippen LogP contribution in [0.15, 0.2) is 24.5 Å². The molecule has 0 bridgehead atoms. The standard InChI is InChI=1S/C8H11N/c1-2-4-8-5-3-6-9-7-8/h3,5-7H,2,4H2,1H3/i1T. The molecular weight excluding hydrogens is 110 g/mol. The normalized spacial score (nSPS) is 10.9. The number of hydrogen-bond acceptors (Lipinski definition) is 1. The van der Waals surface area contributed by atoms with Crippen molar-refractivity contribution in [2.24, 2.45) is 0 Å². The lowest BCUT2D eigenvalue weighted by atomic mass is 10.2. The van der Waals surface area contributed by atoms with Crippen molar-refractivity contribution in [3.05, 3.63) is 30.1 Å². The van der Waals surface area contributed by atoms with E-state index in [1.807, 2.05) is 18.3 Å². The van der Waals surface area contributed by atoms with Gasteiger partial charge in [-0.3, -0.25) is 4.98 Å². The molecule has 0 fully saturated rings. The Hall–Kier alpha value is -0.850. The van der Waals surface area contributed by atoms with Gasteiger partial charge in [0, 0.05) is 13.8 Å². The SMILES string of the molecule is [3H]CCCc1cccnc1. The molecule has 0 N–H and O–H groups in total. The van der Waals surface area contributed by atoms with Crippen LogP contribution in [0.3, 0.4) is 0 Å². The zero-order valence-corrected chi connectivity index (χ0v) is 5.38. The molecule has 0 aliphatic heterocycles. The first-order chi connectivity index (χ1) is 4.93. The van der Waals surface area contributed by atoms with Gasteiger partial charge < -0.3 is 0 Å². The van der Waals surface area contributed by atoms with E-state index in [9.17, 15) is 0 Å². The molecule has 1 aromatic rings. The molecule has 0 saturated heterocycles. The maximum absolute atomic E-state index is 6.93. The second-order valence-corrected chi connectivity index (χ2v) is 1.96. The van der Waals surface area contributed by atoms with Crippen LogP contribution in [0.25, 0.3) is 0 Å². The van der Waals surface area contributed by atoms with Gasteiger partial charge in [-0.2, -0.15) is 0 Å². The summed E-state index contributed by atoms with van der Waals surface area (Å²) in [4.78, 5) is 3.98. The largest absolute Gasteiger partial charge is 0.264 e. The van der Waals surface area contributed by atoms with Gasteiger partial charge in [-0.05, 0) is 18.1 Å². The first-order valence-corrected chi connectivity index (χ1v) is 3.11. The summed E-state index contributed by atoms with van der Waals surface area (Å²) in [5.41, 5.74) is 1.23. The van der Waals surface area contributed by atoms with Crippen LogP contribution in [0.4, 0.5) is 0 Å². The van der Waals surface area contributed by atoms with Crippen LogP contribution in [-0.2, 0) is 6.42 Å². The quantitative estimate of drug-likeness (QED) is 0.586. The van der Waals surface area contributed by atoms with Crippen molar-refractivity contribution in [1.82, 2.24) is 4.98 Å². The molecule has 0 unspecified atom stereocenters. The van der Waals surface area contributed by atoms with Crippen molar-refractivity contribution in [2.45, 2.75) is 19.7 Å². The summed E-state index contributed by atoms with van der Waals surface area (Å²) in [6, 6.07) is 3.97. The van der Waals surface area contributed by atoms with Crippen LogP contribution < -0.4 is 0 Å². The molecule has 0 spiro atoms. The van der Waals surface area contributed by atoms with Crippen LogP contribution >= 0.6 is 0 Å². The van der Waals surface area contributed by atoms with E-state index in [-0.39, 0.29) is 0 Å². The predicted molar refractivity (Wildman–Crippen MR) is 38.2 cm³/mol. The highest BCUT2D eigenvalue weighted by atomic mass is 14.6. The predicted octanol–water partition coefficient (Wildman–Crippen LogP) is 2.03. The summed E-state index contributed by atoms with van der Waals surface area (Å²) in [5, 5.41) is 0. The van der Waals surface area contributed by atoms with Crippen LogP contribution in [-0.4, -0.2) is 4.98 Å². The number of pyridine rings is 1. The molecule has 48 valence electrons. The van der Waals surface area contributed by atoms with Crippen molar-refractivity contribution in [1.29, 1.82) is 0 Å². The summed E-state index contributed by atoms with van der Waals surface area (Å²) in [5.74, 6) is 0. The Balaban J connectivity index is 2.43. The highest BCUT2D eigenvalue weighted by molar-refractivity contribution is 5.07. The van der Waals surface area contributed by atoms with Crippen molar-refractivity contribution < 1.29 is 1.37 Å². The molecule has 0 aliphatic rings. The number of nitrogens with zero attached hydrogens (tertiary/aromatic N) is 1. The maximum Gasteiger partial charge on any atom is 0.0299 e. The lowest BCUT2D eigenvalue weighted by Gasteiger charge is -1.92. The van der Waals surface area contributed by atoms with E-state index in [4.69, 9.17) is 1.37 Å². The molecule has 1 rings (SSSR count). The van der Waals surface area contributed by atoms with E-state index in [0.717, 1.165) is 12.8 Å². The van der Waals surface area contributed by atoms with Gasteiger partial charge in [0.2, 0.25) is 0 Å². The first kappa shape index (κ1) is 4.98. The Kier molecular flexibility index (Phi) is 1.79. The summed E-state index contributed by atoms with van der Waals surface area (Å²) in [6.07, 6.45) is 5.54. The van der Waals surface area contributed by atoms with Gasteiger partial charge in [-0.25, -0.2) is 0 Å². The van der Waals surface area contributed by atoms with Gasteiger partial charge in [0.1, 0.15) is 0 Å².